The lowest BCUT2D eigenvalue weighted by Crippen LogP contribution is -2.33. The maximum atomic E-state index is 10.7. The number of aldehydes is 1. The molecule has 1 unspecified atom stereocenters. The van der Waals surface area contributed by atoms with Crippen LogP contribution in [-0.2, 0) is 11.3 Å². The fraction of sp³-hybridized carbons (Fsp3) is 0.312. The number of nitrogens with zero attached hydrogens (tertiary/aromatic N) is 1. The molecule has 0 radical (unpaired) electrons. The van der Waals surface area contributed by atoms with Gasteiger partial charge in [0.2, 0.25) is 0 Å². The Hall–Kier alpha value is -1.38. The van der Waals surface area contributed by atoms with Gasteiger partial charge in [0, 0.05) is 24.0 Å². The summed E-state index contributed by atoms with van der Waals surface area (Å²) in [7, 11) is 2.09. The molecule has 0 bridgehead atoms. The molecule has 0 heterocycles. The summed E-state index contributed by atoms with van der Waals surface area (Å²) in [6.07, 6.45) is 8.70. The number of carbonyl (C=O) groups excluding carboxylic acids is 1. The van der Waals surface area contributed by atoms with Crippen LogP contribution >= 0.6 is 11.6 Å². The Labute approximate surface area is 119 Å². The van der Waals surface area contributed by atoms with E-state index in [4.69, 9.17) is 11.6 Å². The fourth-order valence-corrected chi connectivity index (χ4v) is 2.54. The van der Waals surface area contributed by atoms with Crippen molar-refractivity contribution < 1.29 is 4.79 Å². The van der Waals surface area contributed by atoms with Gasteiger partial charge in [0.1, 0.15) is 6.29 Å². The summed E-state index contributed by atoms with van der Waals surface area (Å²) in [5.41, 5.74) is 2.42. The van der Waals surface area contributed by atoms with Crippen molar-refractivity contribution in [3.8, 4) is 0 Å². The number of likely N-dealkylation sites (N-methyl/N-ethyl adjacent to an activating group) is 1. The van der Waals surface area contributed by atoms with E-state index in [2.05, 4.69) is 24.1 Å². The predicted octanol–water partition coefficient (Wildman–Crippen LogP) is 3.62. The third-order valence-corrected chi connectivity index (χ3v) is 3.68. The van der Waals surface area contributed by atoms with E-state index >= 15 is 0 Å². The second-order valence-corrected chi connectivity index (χ2v) is 5.27. The molecule has 0 saturated carbocycles. The van der Waals surface area contributed by atoms with Gasteiger partial charge in [-0.15, -0.1) is 0 Å². The van der Waals surface area contributed by atoms with E-state index in [1.807, 2.05) is 30.3 Å². The Morgan fingerprint density at radius 2 is 2.11 bits per heavy atom. The van der Waals surface area contributed by atoms with E-state index in [0.717, 1.165) is 24.3 Å². The van der Waals surface area contributed by atoms with Gasteiger partial charge in [-0.2, -0.15) is 0 Å². The summed E-state index contributed by atoms with van der Waals surface area (Å²) in [6.45, 7) is 0.853. The van der Waals surface area contributed by atoms with Crippen molar-refractivity contribution in [1.29, 1.82) is 0 Å². The molecule has 0 amide bonds. The average molecular weight is 276 g/mol. The Bertz CT molecular complexity index is 490. The van der Waals surface area contributed by atoms with Crippen LogP contribution in [0.25, 0.3) is 0 Å². The minimum Gasteiger partial charge on any atom is -0.303 e. The summed E-state index contributed by atoms with van der Waals surface area (Å²) in [4.78, 5) is 13.0. The van der Waals surface area contributed by atoms with Crippen molar-refractivity contribution in [3.05, 3.63) is 58.7 Å². The van der Waals surface area contributed by atoms with Crippen molar-refractivity contribution in [3.63, 3.8) is 0 Å². The molecule has 0 aromatic heterocycles. The van der Waals surface area contributed by atoms with Gasteiger partial charge >= 0.3 is 0 Å². The van der Waals surface area contributed by atoms with E-state index in [9.17, 15) is 4.79 Å². The predicted molar refractivity (Wildman–Crippen MR) is 79.2 cm³/mol. The quantitative estimate of drug-likeness (QED) is 0.765. The first-order valence-electron chi connectivity index (χ1n) is 6.44. The third-order valence-electron chi connectivity index (χ3n) is 3.43. The van der Waals surface area contributed by atoms with Crippen molar-refractivity contribution in [2.75, 3.05) is 7.05 Å². The van der Waals surface area contributed by atoms with Crippen LogP contribution in [0.1, 0.15) is 18.4 Å². The van der Waals surface area contributed by atoms with Crippen LogP contribution in [0, 0.1) is 0 Å². The number of rotatable bonds is 5. The minimum atomic E-state index is 0.311. The van der Waals surface area contributed by atoms with Gasteiger partial charge in [-0.1, -0.05) is 42.0 Å². The SMILES string of the molecule is CN(Cc1ccc(Cl)cc1)C1CC=CC=C1CC=O. The molecule has 1 atom stereocenters. The topological polar surface area (TPSA) is 20.3 Å². The van der Waals surface area contributed by atoms with Gasteiger partial charge in [0.15, 0.2) is 0 Å². The van der Waals surface area contributed by atoms with Crippen LogP contribution in [-0.4, -0.2) is 24.3 Å². The average Bonchev–Trinajstić information content (AvgIpc) is 2.42. The van der Waals surface area contributed by atoms with Crippen LogP contribution in [0.15, 0.2) is 48.1 Å². The zero-order valence-electron chi connectivity index (χ0n) is 11.1. The number of hydrogen-bond donors (Lipinski definition) is 0. The van der Waals surface area contributed by atoms with E-state index in [1.165, 1.54) is 11.1 Å². The molecular formula is C16H18ClNO. The van der Waals surface area contributed by atoms with Gasteiger partial charge in [-0.05, 0) is 36.7 Å². The first-order chi connectivity index (χ1) is 9.20. The van der Waals surface area contributed by atoms with Gasteiger partial charge in [-0.3, -0.25) is 4.90 Å². The van der Waals surface area contributed by atoms with Crippen molar-refractivity contribution >= 4 is 17.9 Å². The lowest BCUT2D eigenvalue weighted by atomic mass is 9.95. The smallest absolute Gasteiger partial charge is 0.124 e. The molecule has 2 nitrogen and oxygen atoms in total. The van der Waals surface area contributed by atoms with Crippen LogP contribution in [0.4, 0.5) is 0 Å². The van der Waals surface area contributed by atoms with Crippen molar-refractivity contribution in [1.82, 2.24) is 4.90 Å². The second-order valence-electron chi connectivity index (χ2n) is 4.83. The molecule has 1 aromatic carbocycles. The Morgan fingerprint density at radius 1 is 1.37 bits per heavy atom. The third kappa shape index (κ3) is 3.79. The van der Waals surface area contributed by atoms with E-state index < -0.39 is 0 Å². The summed E-state index contributed by atoms with van der Waals surface area (Å²) in [5, 5.41) is 0.758. The van der Waals surface area contributed by atoms with Gasteiger partial charge in [0.25, 0.3) is 0 Å². The van der Waals surface area contributed by atoms with Gasteiger partial charge in [0.05, 0.1) is 0 Å². The van der Waals surface area contributed by atoms with Crippen LogP contribution < -0.4 is 0 Å². The fourth-order valence-electron chi connectivity index (χ4n) is 2.41. The molecule has 0 spiro atoms. The lowest BCUT2D eigenvalue weighted by molar-refractivity contribution is -0.107. The Kier molecular flexibility index (Phi) is 4.94. The molecule has 19 heavy (non-hydrogen) atoms. The highest BCUT2D eigenvalue weighted by Gasteiger charge is 2.19. The molecule has 3 heteroatoms. The molecule has 1 aliphatic rings. The number of benzene rings is 1. The highest BCUT2D eigenvalue weighted by molar-refractivity contribution is 6.30. The van der Waals surface area contributed by atoms with Crippen molar-refractivity contribution in [2.45, 2.75) is 25.4 Å². The maximum absolute atomic E-state index is 10.7. The Morgan fingerprint density at radius 3 is 2.79 bits per heavy atom. The van der Waals surface area contributed by atoms with E-state index in [-0.39, 0.29) is 0 Å². The molecule has 100 valence electrons. The molecule has 0 N–H and O–H groups in total. The second kappa shape index (κ2) is 6.69. The Balaban J connectivity index is 2.04. The van der Waals surface area contributed by atoms with Crippen LogP contribution in [0.3, 0.4) is 0 Å². The van der Waals surface area contributed by atoms with Crippen LogP contribution in [0.5, 0.6) is 0 Å². The minimum absolute atomic E-state index is 0.311. The highest BCUT2D eigenvalue weighted by atomic mass is 35.5. The summed E-state index contributed by atoms with van der Waals surface area (Å²) < 4.78 is 0. The largest absolute Gasteiger partial charge is 0.303 e. The molecule has 2 rings (SSSR count). The summed E-state index contributed by atoms with van der Waals surface area (Å²) >= 11 is 5.89. The van der Waals surface area contributed by atoms with E-state index in [0.29, 0.717) is 12.5 Å². The van der Waals surface area contributed by atoms with Gasteiger partial charge in [-0.25, -0.2) is 0 Å². The number of allylic oxidation sites excluding steroid dienone is 2. The number of halogens is 1. The zero-order valence-corrected chi connectivity index (χ0v) is 11.8. The first kappa shape index (κ1) is 14.0. The van der Waals surface area contributed by atoms with Gasteiger partial charge < -0.3 is 4.79 Å². The molecule has 1 aliphatic carbocycles. The molecule has 0 saturated heterocycles. The highest BCUT2D eigenvalue weighted by Crippen LogP contribution is 2.22. The summed E-state index contributed by atoms with van der Waals surface area (Å²) in [5.74, 6) is 0. The zero-order chi connectivity index (χ0) is 13.7. The molecule has 1 aromatic rings. The van der Waals surface area contributed by atoms with E-state index in [1.54, 1.807) is 0 Å². The number of carbonyl (C=O) groups is 1. The monoisotopic (exact) mass is 275 g/mol. The van der Waals surface area contributed by atoms with Crippen molar-refractivity contribution in [2.24, 2.45) is 0 Å². The first-order valence-corrected chi connectivity index (χ1v) is 6.82. The number of hydrogen-bond acceptors (Lipinski definition) is 2. The normalized spacial score (nSPS) is 18.5. The standard InChI is InChI=1S/C16H18ClNO/c1-18(12-13-6-8-15(17)9-7-13)16-5-3-2-4-14(16)10-11-19/h2-4,6-9,11,16H,5,10,12H2,1H3. The maximum Gasteiger partial charge on any atom is 0.124 e. The molecule has 0 aliphatic heterocycles. The summed E-state index contributed by atoms with van der Waals surface area (Å²) in [6, 6.07) is 8.22. The van der Waals surface area contributed by atoms with Crippen LogP contribution in [0.2, 0.25) is 5.02 Å². The lowest BCUT2D eigenvalue weighted by Gasteiger charge is -2.30. The molecular weight excluding hydrogens is 258 g/mol. The molecule has 0 fully saturated rings.